The van der Waals surface area contributed by atoms with E-state index in [1.54, 1.807) is 0 Å². The number of hydrogen-bond acceptors (Lipinski definition) is 0. The molecule has 0 nitrogen and oxygen atoms in total. The zero-order valence-corrected chi connectivity index (χ0v) is 14.9. The van der Waals surface area contributed by atoms with Gasteiger partial charge in [0.15, 0.2) is 0 Å². The molecular formula is C22H30. The smallest absolute Gasteiger partial charge is 0.0233 e. The second-order valence-electron chi connectivity index (χ2n) is 7.45. The number of hydrogen-bond donors (Lipinski definition) is 0. The molecule has 0 heteroatoms. The molecule has 0 aliphatic carbocycles. The standard InChI is InChI=1S/C22H30/c1-17(2)21(5,18(3)4)22(6,19-13-9-7-10-14-19)20-15-11-8-12-16-20/h7-18H,1-6H3. The summed E-state index contributed by atoms with van der Waals surface area (Å²) in [4.78, 5) is 0. The summed E-state index contributed by atoms with van der Waals surface area (Å²) < 4.78 is 0. The fourth-order valence-electron chi connectivity index (χ4n) is 4.15. The molecular weight excluding hydrogens is 264 g/mol. The van der Waals surface area contributed by atoms with E-state index in [1.807, 2.05) is 0 Å². The maximum atomic E-state index is 2.46. The first kappa shape index (κ1) is 16.8. The molecule has 0 unspecified atom stereocenters. The van der Waals surface area contributed by atoms with Crippen molar-refractivity contribution < 1.29 is 0 Å². The molecule has 0 fully saturated rings. The quantitative estimate of drug-likeness (QED) is 0.606. The van der Waals surface area contributed by atoms with Crippen molar-refractivity contribution in [2.45, 2.75) is 47.0 Å². The van der Waals surface area contributed by atoms with Crippen LogP contribution in [0.3, 0.4) is 0 Å². The van der Waals surface area contributed by atoms with Crippen molar-refractivity contribution in [3.05, 3.63) is 71.8 Å². The molecule has 0 aliphatic rings. The van der Waals surface area contributed by atoms with Crippen molar-refractivity contribution in [1.82, 2.24) is 0 Å². The second-order valence-corrected chi connectivity index (χ2v) is 7.45. The van der Waals surface area contributed by atoms with Gasteiger partial charge in [-0.3, -0.25) is 0 Å². The Morgan fingerprint density at radius 2 is 0.909 bits per heavy atom. The van der Waals surface area contributed by atoms with Crippen LogP contribution in [0.5, 0.6) is 0 Å². The van der Waals surface area contributed by atoms with Gasteiger partial charge in [0.1, 0.15) is 0 Å². The van der Waals surface area contributed by atoms with Crippen molar-refractivity contribution >= 4 is 0 Å². The van der Waals surface area contributed by atoms with Crippen LogP contribution in [0, 0.1) is 17.3 Å². The van der Waals surface area contributed by atoms with Gasteiger partial charge in [-0.1, -0.05) is 102 Å². The lowest BCUT2D eigenvalue weighted by atomic mass is 9.50. The van der Waals surface area contributed by atoms with Gasteiger partial charge >= 0.3 is 0 Å². The van der Waals surface area contributed by atoms with Crippen LogP contribution in [0.4, 0.5) is 0 Å². The summed E-state index contributed by atoms with van der Waals surface area (Å²) in [5.41, 5.74) is 2.96. The molecule has 2 aromatic carbocycles. The molecule has 2 rings (SSSR count). The van der Waals surface area contributed by atoms with Crippen LogP contribution in [-0.4, -0.2) is 0 Å². The summed E-state index contributed by atoms with van der Waals surface area (Å²) in [7, 11) is 0. The van der Waals surface area contributed by atoms with Crippen LogP contribution in [-0.2, 0) is 5.41 Å². The molecule has 2 aromatic rings. The Morgan fingerprint density at radius 3 is 1.18 bits per heavy atom. The van der Waals surface area contributed by atoms with Crippen LogP contribution in [0.25, 0.3) is 0 Å². The van der Waals surface area contributed by atoms with E-state index in [-0.39, 0.29) is 10.8 Å². The lowest BCUT2D eigenvalue weighted by molar-refractivity contribution is 0.0560. The zero-order chi connectivity index (χ0) is 16.4. The average Bonchev–Trinajstić information content (AvgIpc) is 2.54. The summed E-state index contributed by atoms with van der Waals surface area (Å²) in [6.45, 7) is 14.3. The van der Waals surface area contributed by atoms with Crippen molar-refractivity contribution in [2.75, 3.05) is 0 Å². The Kier molecular flexibility index (Phi) is 4.80. The third kappa shape index (κ3) is 2.49. The van der Waals surface area contributed by atoms with Crippen LogP contribution in [0.15, 0.2) is 60.7 Å². The van der Waals surface area contributed by atoms with Crippen LogP contribution < -0.4 is 0 Å². The Morgan fingerprint density at radius 1 is 0.591 bits per heavy atom. The average molecular weight is 294 g/mol. The molecule has 0 N–H and O–H groups in total. The topological polar surface area (TPSA) is 0 Å². The first-order chi connectivity index (χ1) is 10.3. The van der Waals surface area contributed by atoms with E-state index in [2.05, 4.69) is 102 Å². The van der Waals surface area contributed by atoms with Crippen LogP contribution >= 0.6 is 0 Å². The molecule has 0 amide bonds. The first-order valence-electron chi connectivity index (χ1n) is 8.46. The molecule has 0 aromatic heterocycles. The molecule has 0 aliphatic heterocycles. The molecule has 0 atom stereocenters. The fraction of sp³-hybridized carbons (Fsp3) is 0.455. The predicted octanol–water partition coefficient (Wildman–Crippen LogP) is 6.31. The van der Waals surface area contributed by atoms with Gasteiger partial charge in [0.05, 0.1) is 0 Å². The fourth-order valence-corrected chi connectivity index (χ4v) is 4.15. The number of rotatable bonds is 5. The molecule has 118 valence electrons. The Labute approximate surface area is 136 Å². The second kappa shape index (κ2) is 6.28. The Bertz CT molecular complexity index is 530. The van der Waals surface area contributed by atoms with E-state index >= 15 is 0 Å². The predicted molar refractivity (Wildman–Crippen MR) is 97.1 cm³/mol. The first-order valence-corrected chi connectivity index (χ1v) is 8.46. The SMILES string of the molecule is CC(C)C(C)(C(C)C)C(C)(c1ccccc1)c1ccccc1. The van der Waals surface area contributed by atoms with Gasteiger partial charge in [-0.2, -0.15) is 0 Å². The summed E-state index contributed by atoms with van der Waals surface area (Å²) in [5.74, 6) is 1.16. The van der Waals surface area contributed by atoms with Crippen molar-refractivity contribution in [1.29, 1.82) is 0 Å². The molecule has 22 heavy (non-hydrogen) atoms. The van der Waals surface area contributed by atoms with Crippen LogP contribution in [0.1, 0.15) is 52.7 Å². The Hall–Kier alpha value is -1.56. The molecule has 0 radical (unpaired) electrons. The lowest BCUT2D eigenvalue weighted by Crippen LogP contribution is -2.49. The summed E-state index contributed by atoms with van der Waals surface area (Å²) in [6.07, 6.45) is 0. The van der Waals surface area contributed by atoms with Crippen LogP contribution in [0.2, 0.25) is 0 Å². The van der Waals surface area contributed by atoms with E-state index in [0.29, 0.717) is 11.8 Å². The zero-order valence-electron chi connectivity index (χ0n) is 14.9. The highest BCUT2D eigenvalue weighted by Gasteiger charge is 2.50. The molecule has 0 saturated heterocycles. The van der Waals surface area contributed by atoms with Gasteiger partial charge < -0.3 is 0 Å². The van der Waals surface area contributed by atoms with Gasteiger partial charge in [0, 0.05) is 5.41 Å². The van der Waals surface area contributed by atoms with Gasteiger partial charge in [0.25, 0.3) is 0 Å². The Balaban J connectivity index is 2.77. The van der Waals surface area contributed by atoms with E-state index < -0.39 is 0 Å². The minimum atomic E-state index is -0.0160. The molecule has 0 saturated carbocycles. The van der Waals surface area contributed by atoms with Crippen molar-refractivity contribution in [3.63, 3.8) is 0 Å². The summed E-state index contributed by atoms with van der Waals surface area (Å²) in [5, 5.41) is 0. The van der Waals surface area contributed by atoms with E-state index in [4.69, 9.17) is 0 Å². The maximum absolute atomic E-state index is 2.46. The van der Waals surface area contributed by atoms with E-state index in [9.17, 15) is 0 Å². The monoisotopic (exact) mass is 294 g/mol. The highest BCUT2D eigenvalue weighted by Crippen LogP contribution is 2.55. The highest BCUT2D eigenvalue weighted by molar-refractivity contribution is 5.41. The van der Waals surface area contributed by atoms with Gasteiger partial charge in [-0.25, -0.2) is 0 Å². The van der Waals surface area contributed by atoms with Gasteiger partial charge in [0.2, 0.25) is 0 Å². The largest absolute Gasteiger partial charge is 0.0622 e. The molecule has 0 spiro atoms. The van der Waals surface area contributed by atoms with Crippen molar-refractivity contribution in [3.8, 4) is 0 Å². The maximum Gasteiger partial charge on any atom is 0.0233 e. The highest BCUT2D eigenvalue weighted by atomic mass is 14.5. The summed E-state index contributed by atoms with van der Waals surface area (Å²) >= 11 is 0. The van der Waals surface area contributed by atoms with Crippen molar-refractivity contribution in [2.24, 2.45) is 17.3 Å². The van der Waals surface area contributed by atoms with E-state index in [1.165, 1.54) is 11.1 Å². The third-order valence-electron chi connectivity index (χ3n) is 6.18. The normalized spacial score (nSPS) is 12.9. The third-order valence-corrected chi connectivity index (χ3v) is 6.18. The van der Waals surface area contributed by atoms with Gasteiger partial charge in [-0.05, 0) is 28.4 Å². The minimum absolute atomic E-state index is 0.0160. The lowest BCUT2D eigenvalue weighted by Gasteiger charge is -2.53. The van der Waals surface area contributed by atoms with Gasteiger partial charge in [-0.15, -0.1) is 0 Å². The minimum Gasteiger partial charge on any atom is -0.0622 e. The summed E-state index contributed by atoms with van der Waals surface area (Å²) in [6, 6.07) is 22.0. The molecule has 0 heterocycles. The van der Waals surface area contributed by atoms with E-state index in [0.717, 1.165) is 0 Å². The number of benzene rings is 2. The molecule has 0 bridgehead atoms.